The molecule has 0 aliphatic carbocycles. The van der Waals surface area contributed by atoms with E-state index in [0.717, 1.165) is 0 Å². The predicted octanol–water partition coefficient (Wildman–Crippen LogP) is -0.421. The molecule has 0 spiro atoms. The van der Waals surface area contributed by atoms with E-state index in [1.54, 1.807) is 20.8 Å². The molecule has 1 amide bonds. The maximum absolute atomic E-state index is 11.7. The molecule has 0 saturated heterocycles. The Morgan fingerprint density at radius 2 is 2.05 bits per heavy atom. The quantitative estimate of drug-likeness (QED) is 0.683. The Labute approximate surface area is 121 Å². The van der Waals surface area contributed by atoms with Crippen molar-refractivity contribution in [1.29, 1.82) is 0 Å². The summed E-state index contributed by atoms with van der Waals surface area (Å²) >= 11 is 0. The number of nitrogens with one attached hydrogen (secondary N) is 1. The first-order valence-electron chi connectivity index (χ1n) is 6.25. The number of amides is 1. The topological polar surface area (TPSA) is 123 Å². The van der Waals surface area contributed by atoms with E-state index in [2.05, 4.69) is 15.6 Å². The zero-order chi connectivity index (χ0) is 16.0. The molecule has 1 aromatic heterocycles. The number of esters is 1. The smallest absolute Gasteiger partial charge is 0.326 e. The van der Waals surface area contributed by atoms with Gasteiger partial charge in [0.15, 0.2) is 0 Å². The largest absolute Gasteiger partial charge is 0.480 e. The fourth-order valence-corrected chi connectivity index (χ4v) is 1.45. The molecular formula is C12H18N4O5. The second-order valence-corrected chi connectivity index (χ2v) is 5.35. The minimum absolute atomic E-state index is 0.182. The van der Waals surface area contributed by atoms with Gasteiger partial charge in [0.2, 0.25) is 5.91 Å². The van der Waals surface area contributed by atoms with Crippen LogP contribution in [0.15, 0.2) is 12.4 Å². The monoisotopic (exact) mass is 298 g/mol. The second kappa shape index (κ2) is 6.82. The van der Waals surface area contributed by atoms with Gasteiger partial charge in [0.25, 0.3) is 0 Å². The number of carbonyl (C=O) groups is 3. The average molecular weight is 298 g/mol. The highest BCUT2D eigenvalue weighted by Gasteiger charge is 2.26. The Hall–Kier alpha value is -2.45. The molecule has 0 aliphatic heterocycles. The molecule has 21 heavy (non-hydrogen) atoms. The summed E-state index contributed by atoms with van der Waals surface area (Å²) in [7, 11) is 0. The Morgan fingerprint density at radius 1 is 1.38 bits per heavy atom. The number of carboxylic acids is 1. The number of carboxylic acid groups (broad SMARTS) is 1. The third-order valence-corrected chi connectivity index (χ3v) is 2.20. The fourth-order valence-electron chi connectivity index (χ4n) is 1.45. The van der Waals surface area contributed by atoms with Crippen molar-refractivity contribution in [3.63, 3.8) is 0 Å². The summed E-state index contributed by atoms with van der Waals surface area (Å²) in [4.78, 5) is 34.4. The number of hydrogen-bond acceptors (Lipinski definition) is 6. The Bertz CT molecular complexity index is 506. The SMILES string of the molecule is CC(C)(C)OC(=O)C[C@H](NC(=O)Cn1ccnn1)C(=O)O. The number of hydrogen-bond donors (Lipinski definition) is 2. The standard InChI is InChI=1S/C12H18N4O5/c1-12(2,3)21-10(18)6-8(11(19)20)14-9(17)7-16-5-4-13-15-16/h4-5,8H,6-7H2,1-3H3,(H,14,17)(H,19,20)/t8-/m0/s1. The van der Waals surface area contributed by atoms with Crippen LogP contribution in [0.25, 0.3) is 0 Å². The Balaban J connectivity index is 2.55. The van der Waals surface area contributed by atoms with Crippen LogP contribution in [0.3, 0.4) is 0 Å². The molecule has 9 heteroatoms. The van der Waals surface area contributed by atoms with Crippen molar-refractivity contribution < 1.29 is 24.2 Å². The number of rotatable bonds is 6. The van der Waals surface area contributed by atoms with Crippen LogP contribution < -0.4 is 5.32 Å². The van der Waals surface area contributed by atoms with Gasteiger partial charge >= 0.3 is 11.9 Å². The molecule has 0 fully saturated rings. The molecule has 1 aromatic rings. The molecule has 0 saturated carbocycles. The highest BCUT2D eigenvalue weighted by atomic mass is 16.6. The van der Waals surface area contributed by atoms with Crippen LogP contribution in [0.4, 0.5) is 0 Å². The minimum atomic E-state index is -1.35. The summed E-state index contributed by atoms with van der Waals surface area (Å²) in [6.45, 7) is 4.83. The van der Waals surface area contributed by atoms with E-state index >= 15 is 0 Å². The van der Waals surface area contributed by atoms with Crippen LogP contribution in [-0.4, -0.2) is 49.6 Å². The van der Waals surface area contributed by atoms with Gasteiger partial charge in [-0.2, -0.15) is 0 Å². The summed E-state index contributed by atoms with van der Waals surface area (Å²) in [5.74, 6) is -2.60. The molecule has 0 aliphatic rings. The highest BCUT2D eigenvalue weighted by molar-refractivity contribution is 5.87. The van der Waals surface area contributed by atoms with Crippen molar-refractivity contribution in [1.82, 2.24) is 20.3 Å². The second-order valence-electron chi connectivity index (χ2n) is 5.35. The van der Waals surface area contributed by atoms with Gasteiger partial charge in [0, 0.05) is 6.20 Å². The Kier molecular flexibility index (Phi) is 5.39. The first-order chi connectivity index (χ1) is 9.67. The summed E-state index contributed by atoms with van der Waals surface area (Å²) in [5, 5.41) is 18.4. The lowest BCUT2D eigenvalue weighted by Crippen LogP contribution is -2.44. The third kappa shape index (κ3) is 6.50. The molecule has 1 heterocycles. The van der Waals surface area contributed by atoms with Gasteiger partial charge in [-0.15, -0.1) is 5.10 Å². The van der Waals surface area contributed by atoms with Crippen molar-refractivity contribution >= 4 is 17.8 Å². The van der Waals surface area contributed by atoms with Gasteiger partial charge < -0.3 is 15.2 Å². The van der Waals surface area contributed by atoms with E-state index < -0.39 is 35.9 Å². The molecule has 0 aromatic carbocycles. The molecule has 2 N–H and O–H groups in total. The summed E-state index contributed by atoms with van der Waals surface area (Å²) in [5.41, 5.74) is -0.717. The summed E-state index contributed by atoms with van der Waals surface area (Å²) in [6, 6.07) is -1.35. The summed E-state index contributed by atoms with van der Waals surface area (Å²) in [6.07, 6.45) is 2.40. The normalized spacial score (nSPS) is 12.5. The van der Waals surface area contributed by atoms with Crippen LogP contribution in [0.1, 0.15) is 27.2 Å². The van der Waals surface area contributed by atoms with E-state index in [0.29, 0.717) is 0 Å². The van der Waals surface area contributed by atoms with Gasteiger partial charge in [-0.05, 0) is 20.8 Å². The van der Waals surface area contributed by atoms with E-state index in [1.165, 1.54) is 17.1 Å². The lowest BCUT2D eigenvalue weighted by Gasteiger charge is -2.21. The molecule has 9 nitrogen and oxygen atoms in total. The minimum Gasteiger partial charge on any atom is -0.480 e. The first-order valence-corrected chi connectivity index (χ1v) is 6.25. The van der Waals surface area contributed by atoms with Crippen molar-refractivity contribution in [2.75, 3.05) is 0 Å². The zero-order valence-corrected chi connectivity index (χ0v) is 12.1. The molecule has 1 atom stereocenters. The number of aromatic nitrogens is 3. The number of carbonyl (C=O) groups excluding carboxylic acids is 2. The van der Waals surface area contributed by atoms with Gasteiger partial charge in [0.05, 0.1) is 12.6 Å². The van der Waals surface area contributed by atoms with Crippen LogP contribution in [0, 0.1) is 0 Å². The van der Waals surface area contributed by atoms with Gasteiger partial charge in [-0.1, -0.05) is 5.21 Å². The number of nitrogens with zero attached hydrogens (tertiary/aromatic N) is 3. The molecule has 0 unspecified atom stereocenters. The van der Waals surface area contributed by atoms with Crippen LogP contribution >= 0.6 is 0 Å². The van der Waals surface area contributed by atoms with E-state index in [4.69, 9.17) is 9.84 Å². The van der Waals surface area contributed by atoms with Gasteiger partial charge in [-0.3, -0.25) is 9.59 Å². The van der Waals surface area contributed by atoms with Crippen LogP contribution in [0.2, 0.25) is 0 Å². The van der Waals surface area contributed by atoms with E-state index in [1.807, 2.05) is 0 Å². The molecule has 1 rings (SSSR count). The van der Waals surface area contributed by atoms with Gasteiger partial charge in [-0.25, -0.2) is 9.48 Å². The molecule has 0 bridgehead atoms. The Morgan fingerprint density at radius 3 is 2.52 bits per heavy atom. The molecule has 116 valence electrons. The number of aliphatic carboxylic acids is 1. The lowest BCUT2D eigenvalue weighted by atomic mass is 10.1. The van der Waals surface area contributed by atoms with E-state index in [9.17, 15) is 14.4 Å². The maximum Gasteiger partial charge on any atom is 0.326 e. The van der Waals surface area contributed by atoms with Gasteiger partial charge in [0.1, 0.15) is 18.2 Å². The third-order valence-electron chi connectivity index (χ3n) is 2.20. The average Bonchev–Trinajstić information content (AvgIpc) is 2.77. The lowest BCUT2D eigenvalue weighted by molar-refractivity contribution is -0.158. The predicted molar refractivity (Wildman–Crippen MR) is 70.1 cm³/mol. The van der Waals surface area contributed by atoms with Crippen LogP contribution in [0.5, 0.6) is 0 Å². The molecule has 0 radical (unpaired) electrons. The van der Waals surface area contributed by atoms with Crippen molar-refractivity contribution in [2.45, 2.75) is 45.4 Å². The first kappa shape index (κ1) is 16.6. The van der Waals surface area contributed by atoms with Crippen molar-refractivity contribution in [3.05, 3.63) is 12.4 Å². The van der Waals surface area contributed by atoms with Crippen molar-refractivity contribution in [3.8, 4) is 0 Å². The maximum atomic E-state index is 11.7. The summed E-state index contributed by atoms with van der Waals surface area (Å²) < 4.78 is 6.26. The molecular weight excluding hydrogens is 280 g/mol. The van der Waals surface area contributed by atoms with Crippen molar-refractivity contribution in [2.24, 2.45) is 0 Å². The fraction of sp³-hybridized carbons (Fsp3) is 0.583. The number of ether oxygens (including phenoxy) is 1. The highest BCUT2D eigenvalue weighted by Crippen LogP contribution is 2.09. The van der Waals surface area contributed by atoms with Crippen LogP contribution in [-0.2, 0) is 25.7 Å². The zero-order valence-electron chi connectivity index (χ0n) is 12.1. The van der Waals surface area contributed by atoms with E-state index in [-0.39, 0.29) is 6.54 Å².